The van der Waals surface area contributed by atoms with Crippen LogP contribution in [-0.2, 0) is 28.5 Å². The summed E-state index contributed by atoms with van der Waals surface area (Å²) in [5.41, 5.74) is -0.726. The molecule has 6 nitrogen and oxygen atoms in total. The van der Waals surface area contributed by atoms with E-state index in [1.807, 2.05) is 41.5 Å². The van der Waals surface area contributed by atoms with E-state index in [0.717, 1.165) is 26.1 Å². The SMILES string of the molecule is C1CCCCC1.CC.CC(=O)OC(C)(C)CC1CO1.CC(C)(CC1CO1)OC=O. The fourth-order valence-electron chi connectivity index (χ4n) is 3.14. The molecule has 2 unspecified atom stereocenters. The molecule has 0 aromatic carbocycles. The van der Waals surface area contributed by atoms with Crippen LogP contribution in [0.25, 0.3) is 0 Å². The summed E-state index contributed by atoms with van der Waals surface area (Å²) in [7, 11) is 0. The molecular formula is C23H44O6. The Morgan fingerprint density at radius 1 is 0.862 bits per heavy atom. The minimum absolute atomic E-state index is 0.226. The zero-order valence-corrected chi connectivity index (χ0v) is 19.8. The first-order chi connectivity index (χ1) is 13.6. The van der Waals surface area contributed by atoms with Gasteiger partial charge in [0.2, 0.25) is 0 Å². The molecule has 6 heteroatoms. The lowest BCUT2D eigenvalue weighted by molar-refractivity contribution is -0.154. The summed E-state index contributed by atoms with van der Waals surface area (Å²) >= 11 is 0. The first kappa shape index (κ1) is 27.9. The number of hydrogen-bond donors (Lipinski definition) is 0. The summed E-state index contributed by atoms with van der Waals surface area (Å²) in [5, 5.41) is 0. The molecule has 29 heavy (non-hydrogen) atoms. The molecular weight excluding hydrogens is 372 g/mol. The van der Waals surface area contributed by atoms with Gasteiger partial charge >= 0.3 is 5.97 Å². The Kier molecular flexibility index (Phi) is 14.2. The van der Waals surface area contributed by atoms with Crippen LogP contribution in [0.2, 0.25) is 0 Å². The lowest BCUT2D eigenvalue weighted by atomic mass is 10.0. The third-order valence-electron chi connectivity index (χ3n) is 4.53. The second-order valence-electron chi connectivity index (χ2n) is 8.77. The summed E-state index contributed by atoms with van der Waals surface area (Å²) in [6.45, 7) is 15.1. The van der Waals surface area contributed by atoms with Gasteiger partial charge in [-0.1, -0.05) is 52.4 Å². The number of carbonyl (C=O) groups excluding carboxylic acids is 2. The van der Waals surface area contributed by atoms with Gasteiger partial charge < -0.3 is 18.9 Å². The van der Waals surface area contributed by atoms with E-state index in [1.54, 1.807) is 0 Å². The number of carbonyl (C=O) groups is 2. The van der Waals surface area contributed by atoms with Crippen LogP contribution in [0, 0.1) is 0 Å². The molecule has 2 saturated heterocycles. The van der Waals surface area contributed by atoms with Crippen LogP contribution in [0.1, 0.15) is 99.8 Å². The van der Waals surface area contributed by atoms with Crippen molar-refractivity contribution in [2.75, 3.05) is 13.2 Å². The minimum Gasteiger partial charge on any atom is -0.462 e. The number of ether oxygens (including phenoxy) is 4. The van der Waals surface area contributed by atoms with Gasteiger partial charge in [-0.3, -0.25) is 9.59 Å². The molecule has 0 bridgehead atoms. The molecule has 2 aliphatic heterocycles. The van der Waals surface area contributed by atoms with Crippen molar-refractivity contribution < 1.29 is 28.5 Å². The van der Waals surface area contributed by atoms with Crippen molar-refractivity contribution >= 4 is 12.4 Å². The number of hydrogen-bond acceptors (Lipinski definition) is 6. The van der Waals surface area contributed by atoms with E-state index in [0.29, 0.717) is 18.7 Å². The molecule has 172 valence electrons. The Balaban J connectivity index is 0.000000402. The van der Waals surface area contributed by atoms with Gasteiger partial charge in [0.05, 0.1) is 25.4 Å². The molecule has 3 fully saturated rings. The highest BCUT2D eigenvalue weighted by molar-refractivity contribution is 5.66. The van der Waals surface area contributed by atoms with Gasteiger partial charge in [0.25, 0.3) is 6.47 Å². The molecule has 2 atom stereocenters. The second kappa shape index (κ2) is 14.8. The third-order valence-corrected chi connectivity index (χ3v) is 4.53. The second-order valence-corrected chi connectivity index (χ2v) is 8.77. The highest BCUT2D eigenvalue weighted by atomic mass is 16.6. The van der Waals surface area contributed by atoms with E-state index in [2.05, 4.69) is 0 Å². The predicted octanol–water partition coefficient (Wildman–Crippen LogP) is 5.21. The van der Waals surface area contributed by atoms with E-state index in [4.69, 9.17) is 18.9 Å². The maximum atomic E-state index is 10.6. The van der Waals surface area contributed by atoms with Gasteiger partial charge in [-0.15, -0.1) is 0 Å². The molecule has 0 spiro atoms. The number of epoxide rings is 2. The first-order valence-electron chi connectivity index (χ1n) is 11.2. The average Bonchev–Trinajstić information content (AvgIpc) is 3.56. The lowest BCUT2D eigenvalue weighted by Crippen LogP contribution is -2.28. The van der Waals surface area contributed by atoms with Gasteiger partial charge in [-0.2, -0.15) is 0 Å². The fourth-order valence-corrected chi connectivity index (χ4v) is 3.14. The van der Waals surface area contributed by atoms with Crippen LogP contribution in [0.5, 0.6) is 0 Å². The molecule has 0 aromatic rings. The van der Waals surface area contributed by atoms with Gasteiger partial charge in [-0.05, 0) is 27.7 Å². The molecule has 0 aromatic heterocycles. The highest BCUT2D eigenvalue weighted by Crippen LogP contribution is 2.25. The van der Waals surface area contributed by atoms with Crippen molar-refractivity contribution in [3.63, 3.8) is 0 Å². The average molecular weight is 417 g/mol. The van der Waals surface area contributed by atoms with Crippen LogP contribution in [0.15, 0.2) is 0 Å². The molecule has 2 heterocycles. The molecule has 3 rings (SSSR count). The topological polar surface area (TPSA) is 77.7 Å². The molecule has 1 aliphatic carbocycles. The smallest absolute Gasteiger partial charge is 0.303 e. The van der Waals surface area contributed by atoms with E-state index >= 15 is 0 Å². The summed E-state index contributed by atoms with van der Waals surface area (Å²) in [5.74, 6) is -0.226. The molecule has 0 N–H and O–H groups in total. The Bertz CT molecular complexity index is 423. The number of rotatable bonds is 7. The zero-order chi connectivity index (χ0) is 22.3. The van der Waals surface area contributed by atoms with Crippen molar-refractivity contribution in [2.45, 2.75) is 123 Å². The van der Waals surface area contributed by atoms with Gasteiger partial charge in [0.15, 0.2) is 0 Å². The fraction of sp³-hybridized carbons (Fsp3) is 0.913. The van der Waals surface area contributed by atoms with Crippen molar-refractivity contribution in [3.05, 3.63) is 0 Å². The van der Waals surface area contributed by atoms with Crippen molar-refractivity contribution in [3.8, 4) is 0 Å². The predicted molar refractivity (Wildman–Crippen MR) is 115 cm³/mol. The normalized spacial score (nSPS) is 22.2. The third kappa shape index (κ3) is 18.6. The van der Waals surface area contributed by atoms with E-state index < -0.39 is 0 Å². The minimum atomic E-state index is -0.368. The number of esters is 1. The molecule has 0 radical (unpaired) electrons. The summed E-state index contributed by atoms with van der Waals surface area (Å²) in [6, 6.07) is 0. The van der Waals surface area contributed by atoms with Crippen LogP contribution >= 0.6 is 0 Å². The van der Waals surface area contributed by atoms with Crippen molar-refractivity contribution in [2.24, 2.45) is 0 Å². The van der Waals surface area contributed by atoms with E-state index in [1.165, 1.54) is 45.4 Å². The van der Waals surface area contributed by atoms with Gasteiger partial charge in [0, 0.05) is 19.8 Å². The van der Waals surface area contributed by atoms with Crippen LogP contribution in [-0.4, -0.2) is 49.1 Å². The summed E-state index contributed by atoms with van der Waals surface area (Å²) < 4.78 is 19.9. The van der Waals surface area contributed by atoms with Crippen LogP contribution in [0.3, 0.4) is 0 Å². The molecule has 1 saturated carbocycles. The van der Waals surface area contributed by atoms with Gasteiger partial charge in [-0.25, -0.2) is 0 Å². The first-order valence-corrected chi connectivity index (χ1v) is 11.2. The largest absolute Gasteiger partial charge is 0.462 e. The maximum Gasteiger partial charge on any atom is 0.303 e. The Hall–Kier alpha value is -1.14. The molecule has 0 amide bonds. The Morgan fingerprint density at radius 2 is 1.21 bits per heavy atom. The van der Waals surface area contributed by atoms with E-state index in [9.17, 15) is 9.59 Å². The van der Waals surface area contributed by atoms with Crippen LogP contribution in [0.4, 0.5) is 0 Å². The van der Waals surface area contributed by atoms with E-state index in [-0.39, 0.29) is 17.2 Å². The Labute approximate surface area is 178 Å². The quantitative estimate of drug-likeness (QED) is 0.322. The highest BCUT2D eigenvalue weighted by Gasteiger charge is 2.33. The van der Waals surface area contributed by atoms with Gasteiger partial charge in [0.1, 0.15) is 11.2 Å². The molecule has 3 aliphatic rings. The maximum absolute atomic E-state index is 10.6. The van der Waals surface area contributed by atoms with Crippen LogP contribution < -0.4 is 0 Å². The summed E-state index contributed by atoms with van der Waals surface area (Å²) in [6.07, 6.45) is 11.2. The van der Waals surface area contributed by atoms with Crippen molar-refractivity contribution in [1.82, 2.24) is 0 Å². The Morgan fingerprint density at radius 3 is 1.48 bits per heavy atom. The van der Waals surface area contributed by atoms with Crippen molar-refractivity contribution in [1.29, 1.82) is 0 Å². The lowest BCUT2D eigenvalue weighted by Gasteiger charge is -2.23. The summed E-state index contributed by atoms with van der Waals surface area (Å²) in [4.78, 5) is 20.6. The standard InChI is InChI=1S/C8H14O3.C7H12O3.C6H12.C2H6/c1-6(9)11-8(2,3)4-7-5-10-7;1-7(2,10-5-8)3-6-4-9-6;1-2-4-6-5-3-1;1-2/h7H,4-5H2,1-3H3;5-6H,3-4H2,1-2H3;1-6H2;1-2H3. The monoisotopic (exact) mass is 416 g/mol. The zero-order valence-electron chi connectivity index (χ0n) is 19.8.